The first-order valence-electron chi connectivity index (χ1n) is 7.36. The second-order valence-corrected chi connectivity index (χ2v) is 6.03. The van der Waals surface area contributed by atoms with Gasteiger partial charge in [0.15, 0.2) is 5.13 Å². The molecule has 0 saturated carbocycles. The van der Waals surface area contributed by atoms with Gasteiger partial charge in [0, 0.05) is 6.54 Å². The van der Waals surface area contributed by atoms with Gasteiger partial charge in [-0.3, -0.25) is 5.32 Å². The van der Waals surface area contributed by atoms with E-state index in [0.717, 1.165) is 16.1 Å². The van der Waals surface area contributed by atoms with Crippen LogP contribution in [0.15, 0.2) is 30.3 Å². The molecule has 1 unspecified atom stereocenters. The molecule has 0 fully saturated rings. The highest BCUT2D eigenvalue weighted by molar-refractivity contribution is 7.19. The number of aryl methyl sites for hydroxylation is 1. The van der Waals surface area contributed by atoms with Crippen LogP contribution in [0, 0.1) is 6.92 Å². The molecule has 118 valence electrons. The molecule has 0 saturated heterocycles. The Morgan fingerprint density at radius 2 is 2.09 bits per heavy atom. The van der Waals surface area contributed by atoms with E-state index in [9.17, 15) is 9.90 Å². The van der Waals surface area contributed by atoms with E-state index in [1.807, 2.05) is 44.2 Å². The number of hydrogen-bond acceptors (Lipinski definition) is 4. The molecule has 3 N–H and O–H groups in total. The Hall–Kier alpha value is -1.92. The van der Waals surface area contributed by atoms with Crippen LogP contribution in [0.1, 0.15) is 25.5 Å². The van der Waals surface area contributed by atoms with Crippen molar-refractivity contribution in [1.29, 1.82) is 0 Å². The summed E-state index contributed by atoms with van der Waals surface area (Å²) in [5.74, 6) is 0. The summed E-state index contributed by atoms with van der Waals surface area (Å²) in [6, 6.07) is 9.68. The van der Waals surface area contributed by atoms with Gasteiger partial charge in [-0.05, 0) is 25.3 Å². The highest BCUT2D eigenvalue weighted by Gasteiger charge is 2.11. The molecule has 0 aliphatic rings. The first kappa shape index (κ1) is 16.5. The third-order valence-corrected chi connectivity index (χ3v) is 4.41. The van der Waals surface area contributed by atoms with Gasteiger partial charge in [0.25, 0.3) is 0 Å². The first-order chi connectivity index (χ1) is 10.6. The zero-order valence-electron chi connectivity index (χ0n) is 12.8. The van der Waals surface area contributed by atoms with E-state index in [0.29, 0.717) is 24.5 Å². The van der Waals surface area contributed by atoms with E-state index in [2.05, 4.69) is 15.6 Å². The number of aliphatic hydroxyl groups is 1. The average molecular weight is 319 g/mol. The summed E-state index contributed by atoms with van der Waals surface area (Å²) in [4.78, 5) is 17.2. The summed E-state index contributed by atoms with van der Waals surface area (Å²) in [6.07, 6.45) is 0.873. The number of carbonyl (C=O) groups excluding carboxylic acids is 1. The molecule has 2 aromatic rings. The molecule has 1 aromatic heterocycles. The number of hydrogen-bond donors (Lipinski definition) is 3. The fourth-order valence-electron chi connectivity index (χ4n) is 2.00. The molecule has 0 radical (unpaired) electrons. The maximum absolute atomic E-state index is 11.8. The molecule has 1 atom stereocenters. The van der Waals surface area contributed by atoms with Crippen LogP contribution < -0.4 is 10.6 Å². The minimum Gasteiger partial charge on any atom is -0.393 e. The minimum absolute atomic E-state index is 0.295. The molecule has 2 rings (SSSR count). The number of anilines is 1. The van der Waals surface area contributed by atoms with Crippen molar-refractivity contribution in [2.45, 2.75) is 32.8 Å². The molecule has 0 bridgehead atoms. The van der Waals surface area contributed by atoms with Gasteiger partial charge in [0.1, 0.15) is 0 Å². The van der Waals surface area contributed by atoms with E-state index < -0.39 is 0 Å². The van der Waals surface area contributed by atoms with Crippen LogP contribution in [0.2, 0.25) is 0 Å². The van der Waals surface area contributed by atoms with Crippen LogP contribution in [-0.2, 0) is 0 Å². The Bertz CT molecular complexity index is 613. The Labute approximate surface area is 134 Å². The number of aliphatic hydroxyl groups excluding tert-OH is 1. The Balaban J connectivity index is 1.93. The van der Waals surface area contributed by atoms with E-state index in [4.69, 9.17) is 0 Å². The van der Waals surface area contributed by atoms with Gasteiger partial charge in [0.2, 0.25) is 0 Å². The third-order valence-electron chi connectivity index (χ3n) is 3.29. The lowest BCUT2D eigenvalue weighted by Gasteiger charge is -2.08. The van der Waals surface area contributed by atoms with Gasteiger partial charge in [-0.1, -0.05) is 48.6 Å². The smallest absolute Gasteiger partial charge is 0.321 e. The van der Waals surface area contributed by atoms with Gasteiger partial charge in [-0.25, -0.2) is 9.78 Å². The lowest BCUT2D eigenvalue weighted by Crippen LogP contribution is -2.31. The number of nitrogens with one attached hydrogen (secondary N) is 2. The van der Waals surface area contributed by atoms with Crippen LogP contribution in [0.5, 0.6) is 0 Å². The molecular weight excluding hydrogens is 298 g/mol. The second kappa shape index (κ2) is 7.91. The summed E-state index contributed by atoms with van der Waals surface area (Å²) >= 11 is 1.45. The fourth-order valence-corrected chi connectivity index (χ4v) is 2.97. The summed E-state index contributed by atoms with van der Waals surface area (Å²) in [7, 11) is 0. The molecule has 0 aliphatic heterocycles. The zero-order chi connectivity index (χ0) is 15.9. The molecule has 1 aromatic carbocycles. The van der Waals surface area contributed by atoms with Gasteiger partial charge in [-0.2, -0.15) is 0 Å². The van der Waals surface area contributed by atoms with Crippen molar-refractivity contribution in [2.24, 2.45) is 0 Å². The highest BCUT2D eigenvalue weighted by Crippen LogP contribution is 2.32. The number of aromatic nitrogens is 1. The number of rotatable bonds is 6. The van der Waals surface area contributed by atoms with Crippen LogP contribution >= 0.6 is 11.3 Å². The van der Waals surface area contributed by atoms with Crippen molar-refractivity contribution in [1.82, 2.24) is 10.3 Å². The highest BCUT2D eigenvalue weighted by atomic mass is 32.1. The average Bonchev–Trinajstić information content (AvgIpc) is 2.88. The van der Waals surface area contributed by atoms with E-state index in [1.54, 1.807) is 0 Å². The molecule has 0 spiro atoms. The summed E-state index contributed by atoms with van der Waals surface area (Å²) < 4.78 is 0. The minimum atomic E-state index is -0.368. The van der Waals surface area contributed by atoms with Crippen LogP contribution in [0.4, 0.5) is 9.93 Å². The summed E-state index contributed by atoms with van der Waals surface area (Å²) in [6.45, 7) is 4.28. The van der Waals surface area contributed by atoms with Crippen LogP contribution in [0.25, 0.3) is 10.4 Å². The molecular formula is C16H21N3O2S. The normalized spacial score (nSPS) is 12.0. The molecule has 6 heteroatoms. The zero-order valence-corrected chi connectivity index (χ0v) is 13.6. The maximum Gasteiger partial charge on any atom is 0.321 e. The van der Waals surface area contributed by atoms with E-state index >= 15 is 0 Å². The maximum atomic E-state index is 11.8. The predicted octanol–water partition coefficient (Wildman–Crippen LogP) is 3.40. The van der Waals surface area contributed by atoms with E-state index in [-0.39, 0.29) is 12.1 Å². The fraction of sp³-hybridized carbons (Fsp3) is 0.375. The van der Waals surface area contributed by atoms with Crippen molar-refractivity contribution in [3.63, 3.8) is 0 Å². The third kappa shape index (κ3) is 4.54. The molecule has 2 amide bonds. The SMILES string of the molecule is CCC(O)CCNC(=O)Nc1nc(C)c(-c2ccccc2)s1. The lowest BCUT2D eigenvalue weighted by atomic mass is 10.2. The predicted molar refractivity (Wildman–Crippen MR) is 90.2 cm³/mol. The molecule has 0 aliphatic carbocycles. The Morgan fingerprint density at radius 3 is 2.77 bits per heavy atom. The van der Waals surface area contributed by atoms with Gasteiger partial charge < -0.3 is 10.4 Å². The molecule has 5 nitrogen and oxygen atoms in total. The summed E-state index contributed by atoms with van der Waals surface area (Å²) in [5.41, 5.74) is 1.99. The number of benzene rings is 1. The Kier molecular flexibility index (Phi) is 5.91. The van der Waals surface area contributed by atoms with Gasteiger partial charge in [-0.15, -0.1) is 0 Å². The lowest BCUT2D eigenvalue weighted by molar-refractivity contribution is 0.160. The largest absolute Gasteiger partial charge is 0.393 e. The van der Waals surface area contributed by atoms with Gasteiger partial charge in [0.05, 0.1) is 16.7 Å². The van der Waals surface area contributed by atoms with Crippen LogP contribution in [0.3, 0.4) is 0 Å². The van der Waals surface area contributed by atoms with Crippen molar-refractivity contribution < 1.29 is 9.90 Å². The standard InChI is InChI=1S/C16H21N3O2S/c1-3-13(20)9-10-17-15(21)19-16-18-11(2)14(22-16)12-7-5-4-6-8-12/h4-8,13,20H,3,9-10H2,1-2H3,(H2,17,18,19,21). The first-order valence-corrected chi connectivity index (χ1v) is 8.17. The number of nitrogens with zero attached hydrogens (tertiary/aromatic N) is 1. The van der Waals surface area contributed by atoms with Gasteiger partial charge >= 0.3 is 6.03 Å². The van der Waals surface area contributed by atoms with Crippen molar-refractivity contribution in [2.75, 3.05) is 11.9 Å². The van der Waals surface area contributed by atoms with Crippen molar-refractivity contribution >= 4 is 22.5 Å². The number of carbonyl (C=O) groups is 1. The second-order valence-electron chi connectivity index (χ2n) is 5.03. The quantitative estimate of drug-likeness (QED) is 0.764. The van der Waals surface area contributed by atoms with Crippen molar-refractivity contribution in [3.8, 4) is 10.4 Å². The van der Waals surface area contributed by atoms with Crippen molar-refractivity contribution in [3.05, 3.63) is 36.0 Å². The molecule has 22 heavy (non-hydrogen) atoms. The number of thiazole rings is 1. The van der Waals surface area contributed by atoms with E-state index in [1.165, 1.54) is 11.3 Å². The Morgan fingerprint density at radius 1 is 1.36 bits per heavy atom. The molecule has 1 heterocycles. The number of amides is 2. The number of urea groups is 1. The topological polar surface area (TPSA) is 74.2 Å². The monoisotopic (exact) mass is 319 g/mol. The van der Waals surface area contributed by atoms with Crippen LogP contribution in [-0.4, -0.2) is 28.8 Å². The summed E-state index contributed by atoms with van der Waals surface area (Å²) in [5, 5.41) is 15.5.